The molecule has 0 saturated carbocycles. The van der Waals surface area contributed by atoms with Gasteiger partial charge in [-0.3, -0.25) is 9.69 Å². The lowest BCUT2D eigenvalue weighted by molar-refractivity contribution is -0.135. The third-order valence-electron chi connectivity index (χ3n) is 3.51. The predicted molar refractivity (Wildman–Crippen MR) is 76.4 cm³/mol. The van der Waals surface area contributed by atoms with Crippen LogP contribution in [0.1, 0.15) is 24.5 Å². The lowest BCUT2D eigenvalue weighted by atomic mass is 10.0. The van der Waals surface area contributed by atoms with Crippen LogP contribution in [0.25, 0.3) is 0 Å². The number of carbonyl (C=O) groups excluding carboxylic acids is 1. The summed E-state index contributed by atoms with van der Waals surface area (Å²) in [7, 11) is 0. The maximum absolute atomic E-state index is 12.3. The van der Waals surface area contributed by atoms with Gasteiger partial charge in [0.1, 0.15) is 6.10 Å². The molecule has 1 aliphatic heterocycles. The smallest absolute Gasteiger partial charge is 0.167 e. The normalized spacial score (nSPS) is 20.4. The molecule has 1 unspecified atom stereocenters. The Morgan fingerprint density at radius 1 is 1.47 bits per heavy atom. The maximum atomic E-state index is 12.3. The molecule has 1 fully saturated rings. The highest BCUT2D eigenvalue weighted by molar-refractivity contribution is 5.85. The van der Waals surface area contributed by atoms with E-state index in [4.69, 9.17) is 4.74 Å². The Hall–Kier alpha value is -1.19. The number of carbonyl (C=O) groups is 1. The Kier molecular flexibility index (Phi) is 5.11. The number of hydrogen-bond donors (Lipinski definition) is 0. The number of ketones is 1. The summed E-state index contributed by atoms with van der Waals surface area (Å²) in [4.78, 5) is 14.6. The molecule has 104 valence electrons. The monoisotopic (exact) mass is 261 g/mol. The van der Waals surface area contributed by atoms with Crippen molar-refractivity contribution in [2.45, 2.75) is 32.8 Å². The van der Waals surface area contributed by atoms with Crippen LogP contribution in [0.2, 0.25) is 0 Å². The zero-order chi connectivity index (χ0) is 13.7. The van der Waals surface area contributed by atoms with Crippen LogP contribution in [0.4, 0.5) is 0 Å². The van der Waals surface area contributed by atoms with Crippen molar-refractivity contribution >= 4 is 5.78 Å². The van der Waals surface area contributed by atoms with Crippen LogP contribution in [0.3, 0.4) is 0 Å². The number of nitrogens with zero attached hydrogens (tertiary/aromatic N) is 1. The molecule has 1 atom stereocenters. The zero-order valence-electron chi connectivity index (χ0n) is 11.9. The van der Waals surface area contributed by atoms with Gasteiger partial charge in [-0.25, -0.2) is 0 Å². The first-order valence-electron chi connectivity index (χ1n) is 7.11. The lowest BCUT2D eigenvalue weighted by Gasteiger charge is -2.31. The molecule has 19 heavy (non-hydrogen) atoms. The van der Waals surface area contributed by atoms with E-state index in [9.17, 15) is 4.79 Å². The van der Waals surface area contributed by atoms with Crippen molar-refractivity contribution < 1.29 is 9.53 Å². The molecule has 1 aromatic carbocycles. The third kappa shape index (κ3) is 4.15. The first kappa shape index (κ1) is 14.2. The average Bonchev–Trinajstić information content (AvgIpc) is 2.39. The Labute approximate surface area is 115 Å². The Morgan fingerprint density at radius 3 is 3.05 bits per heavy atom. The van der Waals surface area contributed by atoms with Gasteiger partial charge in [-0.2, -0.15) is 0 Å². The highest BCUT2D eigenvalue weighted by Crippen LogP contribution is 2.11. The quantitative estimate of drug-likeness (QED) is 0.814. The molecule has 0 aliphatic carbocycles. The largest absolute Gasteiger partial charge is 0.368 e. The Balaban J connectivity index is 1.92. The second-order valence-electron chi connectivity index (χ2n) is 5.29. The van der Waals surface area contributed by atoms with Gasteiger partial charge in [0, 0.05) is 19.5 Å². The summed E-state index contributed by atoms with van der Waals surface area (Å²) in [6.45, 7) is 7.63. The summed E-state index contributed by atoms with van der Waals surface area (Å²) in [6, 6.07) is 8.14. The van der Waals surface area contributed by atoms with Gasteiger partial charge in [-0.15, -0.1) is 0 Å². The number of ether oxygens (including phenoxy) is 1. The molecule has 1 aromatic rings. The fourth-order valence-corrected chi connectivity index (χ4v) is 2.55. The van der Waals surface area contributed by atoms with Crippen molar-refractivity contribution in [2.24, 2.45) is 0 Å². The van der Waals surface area contributed by atoms with Crippen molar-refractivity contribution in [3.05, 3.63) is 35.4 Å². The number of morpholine rings is 1. The van der Waals surface area contributed by atoms with E-state index in [1.165, 1.54) is 5.56 Å². The number of hydrogen-bond acceptors (Lipinski definition) is 3. The van der Waals surface area contributed by atoms with E-state index in [0.717, 1.165) is 31.6 Å². The molecule has 1 heterocycles. The molecule has 0 spiro atoms. The molecule has 0 aromatic heterocycles. The summed E-state index contributed by atoms with van der Waals surface area (Å²) in [5.74, 6) is 0.200. The van der Waals surface area contributed by atoms with Crippen LogP contribution in [-0.4, -0.2) is 43.0 Å². The first-order valence-corrected chi connectivity index (χ1v) is 7.11. The molecule has 3 heteroatoms. The average molecular weight is 261 g/mol. The van der Waals surface area contributed by atoms with Gasteiger partial charge in [0.25, 0.3) is 0 Å². The van der Waals surface area contributed by atoms with Crippen LogP contribution >= 0.6 is 0 Å². The summed E-state index contributed by atoms with van der Waals surface area (Å²) < 4.78 is 5.63. The molecule has 1 aliphatic rings. The molecule has 2 rings (SSSR count). The number of Topliss-reactive ketones (excluding diaryl/α,β-unsaturated/α-hetero) is 1. The van der Waals surface area contributed by atoms with E-state index >= 15 is 0 Å². The van der Waals surface area contributed by atoms with E-state index in [1.54, 1.807) is 0 Å². The minimum absolute atomic E-state index is 0.200. The zero-order valence-corrected chi connectivity index (χ0v) is 11.9. The molecular weight excluding hydrogens is 238 g/mol. The van der Waals surface area contributed by atoms with Crippen molar-refractivity contribution in [3.63, 3.8) is 0 Å². The van der Waals surface area contributed by atoms with Gasteiger partial charge in [0.2, 0.25) is 0 Å². The second kappa shape index (κ2) is 6.83. The fourth-order valence-electron chi connectivity index (χ4n) is 2.55. The molecule has 1 saturated heterocycles. The summed E-state index contributed by atoms with van der Waals surface area (Å²) in [6.07, 6.45) is 1.35. The van der Waals surface area contributed by atoms with E-state index in [-0.39, 0.29) is 11.9 Å². The van der Waals surface area contributed by atoms with Crippen molar-refractivity contribution in [1.82, 2.24) is 4.90 Å². The lowest BCUT2D eigenvalue weighted by Crippen LogP contribution is -2.46. The van der Waals surface area contributed by atoms with E-state index < -0.39 is 0 Å². The van der Waals surface area contributed by atoms with E-state index in [2.05, 4.69) is 17.9 Å². The SMILES string of the molecule is CCCN1CCOC(C(=O)Cc2cccc(C)c2)C1. The van der Waals surface area contributed by atoms with E-state index in [0.29, 0.717) is 13.0 Å². The van der Waals surface area contributed by atoms with Gasteiger partial charge < -0.3 is 4.74 Å². The van der Waals surface area contributed by atoms with E-state index in [1.807, 2.05) is 25.1 Å². The van der Waals surface area contributed by atoms with Crippen LogP contribution in [0.15, 0.2) is 24.3 Å². The molecule has 0 radical (unpaired) electrons. The molecule has 0 amide bonds. The number of rotatable bonds is 5. The second-order valence-corrected chi connectivity index (χ2v) is 5.29. The number of aryl methyl sites for hydroxylation is 1. The van der Waals surface area contributed by atoms with Gasteiger partial charge >= 0.3 is 0 Å². The third-order valence-corrected chi connectivity index (χ3v) is 3.51. The highest BCUT2D eigenvalue weighted by Gasteiger charge is 2.25. The molecule has 3 nitrogen and oxygen atoms in total. The first-order chi connectivity index (χ1) is 9.19. The van der Waals surface area contributed by atoms with Crippen LogP contribution in [0.5, 0.6) is 0 Å². The van der Waals surface area contributed by atoms with Crippen molar-refractivity contribution in [1.29, 1.82) is 0 Å². The van der Waals surface area contributed by atoms with Crippen molar-refractivity contribution in [3.8, 4) is 0 Å². The summed E-state index contributed by atoms with van der Waals surface area (Å²) in [5, 5.41) is 0. The molecule has 0 bridgehead atoms. The van der Waals surface area contributed by atoms with Crippen molar-refractivity contribution in [2.75, 3.05) is 26.2 Å². The fraction of sp³-hybridized carbons (Fsp3) is 0.562. The van der Waals surface area contributed by atoms with Gasteiger partial charge in [0.05, 0.1) is 6.61 Å². The van der Waals surface area contributed by atoms with Gasteiger partial charge in [-0.1, -0.05) is 36.8 Å². The minimum Gasteiger partial charge on any atom is -0.368 e. The topological polar surface area (TPSA) is 29.5 Å². The molecule has 0 N–H and O–H groups in total. The number of benzene rings is 1. The summed E-state index contributed by atoms with van der Waals surface area (Å²) >= 11 is 0. The Bertz CT molecular complexity index is 429. The standard InChI is InChI=1S/C16H23NO2/c1-3-7-17-8-9-19-16(12-17)15(18)11-14-6-4-5-13(2)10-14/h4-6,10,16H,3,7-9,11-12H2,1-2H3. The maximum Gasteiger partial charge on any atom is 0.167 e. The highest BCUT2D eigenvalue weighted by atomic mass is 16.5. The van der Waals surface area contributed by atoms with Crippen LogP contribution in [0, 0.1) is 6.92 Å². The van der Waals surface area contributed by atoms with Crippen LogP contribution < -0.4 is 0 Å². The predicted octanol–water partition coefficient (Wildman–Crippen LogP) is 2.22. The Morgan fingerprint density at radius 2 is 2.32 bits per heavy atom. The summed E-state index contributed by atoms with van der Waals surface area (Å²) in [5.41, 5.74) is 2.28. The van der Waals surface area contributed by atoms with Gasteiger partial charge in [-0.05, 0) is 25.5 Å². The minimum atomic E-state index is -0.249. The van der Waals surface area contributed by atoms with Crippen LogP contribution in [-0.2, 0) is 16.0 Å². The van der Waals surface area contributed by atoms with Gasteiger partial charge in [0.15, 0.2) is 5.78 Å². The molecular formula is C16H23NO2.